The highest BCUT2D eigenvalue weighted by atomic mass is 19.4. The molecule has 148 valence electrons. The van der Waals surface area contributed by atoms with Gasteiger partial charge in [-0.2, -0.15) is 13.2 Å². The molecule has 0 saturated carbocycles. The Hall–Kier alpha value is -2.90. The van der Waals surface area contributed by atoms with E-state index in [1.54, 1.807) is 29.4 Å². The van der Waals surface area contributed by atoms with Crippen LogP contribution >= 0.6 is 0 Å². The van der Waals surface area contributed by atoms with Gasteiger partial charge in [0.25, 0.3) is 5.91 Å². The maximum Gasteiger partial charge on any atom is 0.416 e. The van der Waals surface area contributed by atoms with E-state index in [1.807, 2.05) is 0 Å². The van der Waals surface area contributed by atoms with Gasteiger partial charge in [-0.3, -0.25) is 14.6 Å². The van der Waals surface area contributed by atoms with Gasteiger partial charge in [0.05, 0.1) is 12.0 Å². The largest absolute Gasteiger partial charge is 0.416 e. The molecule has 1 saturated heterocycles. The molecular weight excluding hydrogens is 371 g/mol. The summed E-state index contributed by atoms with van der Waals surface area (Å²) in [6.45, 7) is 1.02. The topological polar surface area (TPSA) is 62.3 Å². The van der Waals surface area contributed by atoms with Crippen LogP contribution in [0.1, 0.15) is 34.3 Å². The van der Waals surface area contributed by atoms with Crippen molar-refractivity contribution in [3.8, 4) is 0 Å². The van der Waals surface area contributed by atoms with Crippen molar-refractivity contribution in [1.29, 1.82) is 0 Å². The standard InChI is InChI=1S/C20H20F3N3O2/c21-20(22,23)16-3-1-2-14(12-16)13-18(27)25-17-6-10-26(11-7-17)19(28)15-4-8-24-9-5-15/h1-5,8-9,12,17H,6-7,10-11,13H2,(H,25,27). The minimum absolute atomic E-state index is 0.0730. The fraction of sp³-hybridized carbons (Fsp3) is 0.350. The summed E-state index contributed by atoms with van der Waals surface area (Å²) in [6.07, 6.45) is -0.209. The van der Waals surface area contributed by atoms with Gasteiger partial charge in [0.2, 0.25) is 5.91 Å². The Balaban J connectivity index is 1.50. The summed E-state index contributed by atoms with van der Waals surface area (Å²) in [6, 6.07) is 8.00. The lowest BCUT2D eigenvalue weighted by Gasteiger charge is -2.32. The van der Waals surface area contributed by atoms with Gasteiger partial charge in [-0.1, -0.05) is 18.2 Å². The summed E-state index contributed by atoms with van der Waals surface area (Å²) >= 11 is 0. The van der Waals surface area contributed by atoms with Crippen molar-refractivity contribution in [3.63, 3.8) is 0 Å². The predicted octanol–water partition coefficient (Wildman–Crippen LogP) is 3.06. The molecule has 1 aromatic heterocycles. The van der Waals surface area contributed by atoms with Gasteiger partial charge in [0.1, 0.15) is 0 Å². The second kappa shape index (κ2) is 8.41. The molecule has 0 atom stereocenters. The number of hydrogen-bond acceptors (Lipinski definition) is 3. The van der Waals surface area contributed by atoms with Crippen LogP contribution < -0.4 is 5.32 Å². The quantitative estimate of drug-likeness (QED) is 0.871. The number of likely N-dealkylation sites (tertiary alicyclic amines) is 1. The van der Waals surface area contributed by atoms with Gasteiger partial charge in [-0.15, -0.1) is 0 Å². The number of amides is 2. The zero-order valence-corrected chi connectivity index (χ0v) is 15.1. The number of alkyl halides is 3. The Kier molecular flexibility index (Phi) is 5.96. The number of pyridine rings is 1. The van der Waals surface area contributed by atoms with E-state index in [-0.39, 0.29) is 24.3 Å². The van der Waals surface area contributed by atoms with Crippen LogP contribution in [0, 0.1) is 0 Å². The maximum absolute atomic E-state index is 12.8. The molecule has 1 aliphatic heterocycles. The predicted molar refractivity (Wildman–Crippen MR) is 96.5 cm³/mol. The molecule has 0 aliphatic carbocycles. The molecule has 2 aromatic rings. The minimum atomic E-state index is -4.43. The number of aromatic nitrogens is 1. The van der Waals surface area contributed by atoms with E-state index < -0.39 is 11.7 Å². The first-order chi connectivity index (χ1) is 13.3. The molecule has 5 nitrogen and oxygen atoms in total. The Labute approximate surface area is 160 Å². The van der Waals surface area contributed by atoms with E-state index in [0.717, 1.165) is 12.1 Å². The van der Waals surface area contributed by atoms with Crippen LogP contribution in [-0.2, 0) is 17.4 Å². The van der Waals surface area contributed by atoms with Gasteiger partial charge in [-0.05, 0) is 36.6 Å². The zero-order chi connectivity index (χ0) is 20.1. The van der Waals surface area contributed by atoms with Crippen molar-refractivity contribution >= 4 is 11.8 Å². The van der Waals surface area contributed by atoms with Gasteiger partial charge in [0.15, 0.2) is 0 Å². The highest BCUT2D eigenvalue weighted by molar-refractivity contribution is 5.94. The molecule has 0 spiro atoms. The van der Waals surface area contributed by atoms with Gasteiger partial charge < -0.3 is 10.2 Å². The lowest BCUT2D eigenvalue weighted by molar-refractivity contribution is -0.137. The average molecular weight is 391 g/mol. The Morgan fingerprint density at radius 2 is 1.79 bits per heavy atom. The Bertz CT molecular complexity index is 832. The lowest BCUT2D eigenvalue weighted by atomic mass is 10.0. The highest BCUT2D eigenvalue weighted by Crippen LogP contribution is 2.29. The summed E-state index contributed by atoms with van der Waals surface area (Å²) < 4.78 is 38.3. The van der Waals surface area contributed by atoms with E-state index in [2.05, 4.69) is 10.3 Å². The molecule has 0 radical (unpaired) electrons. The normalized spacial score (nSPS) is 15.3. The van der Waals surface area contributed by atoms with Crippen LogP contribution in [0.25, 0.3) is 0 Å². The number of carbonyl (C=O) groups is 2. The number of hydrogen-bond donors (Lipinski definition) is 1. The van der Waals surface area contributed by atoms with Crippen LogP contribution in [0.5, 0.6) is 0 Å². The summed E-state index contributed by atoms with van der Waals surface area (Å²) in [5.74, 6) is -0.394. The van der Waals surface area contributed by atoms with E-state index in [9.17, 15) is 22.8 Å². The molecule has 1 aliphatic rings. The first-order valence-electron chi connectivity index (χ1n) is 8.98. The molecule has 2 amide bonds. The molecule has 28 heavy (non-hydrogen) atoms. The molecule has 8 heteroatoms. The minimum Gasteiger partial charge on any atom is -0.353 e. The molecule has 0 unspecified atom stereocenters. The van der Waals surface area contributed by atoms with Gasteiger partial charge >= 0.3 is 6.18 Å². The fourth-order valence-electron chi connectivity index (χ4n) is 3.23. The summed E-state index contributed by atoms with van der Waals surface area (Å²) in [5.41, 5.74) is 0.125. The molecule has 3 rings (SSSR count). The number of halogens is 3. The van der Waals surface area contributed by atoms with E-state index in [4.69, 9.17) is 0 Å². The lowest BCUT2D eigenvalue weighted by Crippen LogP contribution is -2.46. The van der Waals surface area contributed by atoms with Crippen molar-refractivity contribution in [3.05, 3.63) is 65.5 Å². The van der Waals surface area contributed by atoms with Crippen LogP contribution in [-0.4, -0.2) is 40.8 Å². The molecule has 2 heterocycles. The van der Waals surface area contributed by atoms with Crippen molar-refractivity contribution in [2.75, 3.05) is 13.1 Å². The number of carbonyl (C=O) groups excluding carboxylic acids is 2. The SMILES string of the molecule is O=C(Cc1cccc(C(F)(F)F)c1)NC1CCN(C(=O)c2ccncc2)CC1. The number of nitrogens with zero attached hydrogens (tertiary/aromatic N) is 2. The first kappa shape index (κ1) is 19.9. The molecule has 1 aromatic carbocycles. The molecule has 0 bridgehead atoms. The second-order valence-corrected chi connectivity index (χ2v) is 6.74. The third-order valence-corrected chi connectivity index (χ3v) is 4.69. The monoisotopic (exact) mass is 391 g/mol. The maximum atomic E-state index is 12.8. The van der Waals surface area contributed by atoms with Crippen molar-refractivity contribution in [2.24, 2.45) is 0 Å². The fourth-order valence-corrected chi connectivity index (χ4v) is 3.23. The first-order valence-corrected chi connectivity index (χ1v) is 8.98. The number of benzene rings is 1. The Morgan fingerprint density at radius 1 is 1.11 bits per heavy atom. The third kappa shape index (κ3) is 5.09. The van der Waals surface area contributed by atoms with Crippen molar-refractivity contribution < 1.29 is 22.8 Å². The number of piperidine rings is 1. The third-order valence-electron chi connectivity index (χ3n) is 4.69. The van der Waals surface area contributed by atoms with Crippen LogP contribution in [0.4, 0.5) is 13.2 Å². The highest BCUT2D eigenvalue weighted by Gasteiger charge is 2.30. The summed E-state index contributed by atoms with van der Waals surface area (Å²) in [5, 5.41) is 2.86. The Morgan fingerprint density at radius 3 is 2.43 bits per heavy atom. The van der Waals surface area contributed by atoms with Gasteiger partial charge in [-0.25, -0.2) is 0 Å². The van der Waals surface area contributed by atoms with E-state index in [0.29, 0.717) is 37.1 Å². The van der Waals surface area contributed by atoms with E-state index in [1.165, 1.54) is 12.1 Å². The summed E-state index contributed by atoms with van der Waals surface area (Å²) in [4.78, 5) is 30.2. The second-order valence-electron chi connectivity index (χ2n) is 6.74. The average Bonchev–Trinajstić information content (AvgIpc) is 2.68. The van der Waals surface area contributed by atoms with Crippen molar-refractivity contribution in [1.82, 2.24) is 15.2 Å². The van der Waals surface area contributed by atoms with Gasteiger partial charge in [0, 0.05) is 37.1 Å². The molecule has 1 fully saturated rings. The molecule has 1 N–H and O–H groups in total. The zero-order valence-electron chi connectivity index (χ0n) is 15.1. The van der Waals surface area contributed by atoms with Crippen LogP contribution in [0.2, 0.25) is 0 Å². The number of rotatable bonds is 4. The van der Waals surface area contributed by atoms with Crippen molar-refractivity contribution in [2.45, 2.75) is 31.5 Å². The summed E-state index contributed by atoms with van der Waals surface area (Å²) in [7, 11) is 0. The smallest absolute Gasteiger partial charge is 0.353 e. The van der Waals surface area contributed by atoms with E-state index >= 15 is 0 Å². The number of nitrogens with one attached hydrogen (secondary N) is 1. The molecular formula is C20H20F3N3O2. The van der Waals surface area contributed by atoms with Crippen LogP contribution in [0.3, 0.4) is 0 Å². The van der Waals surface area contributed by atoms with Crippen LogP contribution in [0.15, 0.2) is 48.8 Å².